The summed E-state index contributed by atoms with van der Waals surface area (Å²) in [6, 6.07) is 1.64. The summed E-state index contributed by atoms with van der Waals surface area (Å²) in [5.74, 6) is -2.56. The van der Waals surface area contributed by atoms with E-state index < -0.39 is 22.8 Å². The number of ketones is 1. The Kier molecular flexibility index (Phi) is 2.03. The number of hydrogen-bond acceptors (Lipinski definition) is 2. The van der Waals surface area contributed by atoms with Gasteiger partial charge >= 0.3 is 0 Å². The van der Waals surface area contributed by atoms with Crippen molar-refractivity contribution in [3.8, 4) is 5.75 Å². The van der Waals surface area contributed by atoms with Gasteiger partial charge < -0.3 is 5.11 Å². The van der Waals surface area contributed by atoms with E-state index in [1.165, 1.54) is 6.92 Å². The normalized spacial score (nSPS) is 17.5. The minimum Gasteiger partial charge on any atom is -0.505 e. The zero-order valence-corrected chi connectivity index (χ0v) is 8.18. The molecule has 0 aliphatic heterocycles. The van der Waals surface area contributed by atoms with Crippen LogP contribution in [0.1, 0.15) is 25.3 Å². The Morgan fingerprint density at radius 1 is 1.40 bits per heavy atom. The van der Waals surface area contributed by atoms with Crippen molar-refractivity contribution in [1.29, 1.82) is 0 Å². The molecule has 1 aliphatic carbocycles. The number of carbonyl (C=O) groups excluding carboxylic acids is 1. The fraction of sp³-hybridized carbons (Fsp3) is 0.364. The first-order chi connectivity index (χ1) is 6.97. The van der Waals surface area contributed by atoms with E-state index in [1.54, 1.807) is 0 Å². The van der Waals surface area contributed by atoms with Gasteiger partial charge in [-0.05, 0) is 25.8 Å². The smallest absolute Gasteiger partial charge is 0.168 e. The number of phenols is 1. The van der Waals surface area contributed by atoms with Gasteiger partial charge in [0, 0.05) is 11.6 Å². The number of Topliss-reactive ketones (excluding diaryl/α,β-unsaturated/α-hetero) is 1. The maximum atomic E-state index is 13.1. The molecule has 0 aromatic heterocycles. The summed E-state index contributed by atoms with van der Waals surface area (Å²) in [6.45, 7) is 1.37. The van der Waals surface area contributed by atoms with Crippen molar-refractivity contribution in [2.24, 2.45) is 0 Å². The summed E-state index contributed by atoms with van der Waals surface area (Å²) in [5, 5.41) is 9.45. The first kappa shape index (κ1) is 10.1. The molecule has 15 heavy (non-hydrogen) atoms. The van der Waals surface area contributed by atoms with E-state index in [2.05, 4.69) is 0 Å². The standard InChI is InChI=1S/C11H10F2O2/c1-6(14)11(2-3-11)8-4-7(12)5-9(13)10(8)15/h4-5,15H,2-3H2,1H3. The largest absolute Gasteiger partial charge is 0.505 e. The van der Waals surface area contributed by atoms with Gasteiger partial charge in [-0.1, -0.05) is 0 Å². The van der Waals surface area contributed by atoms with Crippen molar-refractivity contribution in [1.82, 2.24) is 0 Å². The maximum absolute atomic E-state index is 13.1. The molecule has 0 radical (unpaired) electrons. The van der Waals surface area contributed by atoms with Crippen LogP contribution in [-0.4, -0.2) is 10.9 Å². The van der Waals surface area contributed by atoms with Gasteiger partial charge in [-0.2, -0.15) is 0 Å². The van der Waals surface area contributed by atoms with Crippen LogP contribution < -0.4 is 0 Å². The molecule has 1 N–H and O–H groups in total. The van der Waals surface area contributed by atoms with Crippen molar-refractivity contribution in [2.75, 3.05) is 0 Å². The Morgan fingerprint density at radius 3 is 2.47 bits per heavy atom. The molecule has 0 heterocycles. The van der Waals surface area contributed by atoms with E-state index in [0.717, 1.165) is 6.07 Å². The second-order valence-electron chi connectivity index (χ2n) is 3.92. The fourth-order valence-electron chi connectivity index (χ4n) is 1.87. The molecule has 4 heteroatoms. The lowest BCUT2D eigenvalue weighted by molar-refractivity contribution is -0.119. The van der Waals surface area contributed by atoms with Gasteiger partial charge in [0.2, 0.25) is 0 Å². The second kappa shape index (κ2) is 3.02. The summed E-state index contributed by atoms with van der Waals surface area (Å²) in [5.41, 5.74) is -0.778. The van der Waals surface area contributed by atoms with E-state index >= 15 is 0 Å². The molecule has 0 bridgehead atoms. The Labute approximate surface area is 85.5 Å². The van der Waals surface area contributed by atoms with Crippen LogP contribution in [0.5, 0.6) is 5.75 Å². The molecular weight excluding hydrogens is 202 g/mol. The van der Waals surface area contributed by atoms with E-state index in [-0.39, 0.29) is 11.3 Å². The third kappa shape index (κ3) is 1.40. The molecule has 1 aromatic rings. The summed E-state index contributed by atoms with van der Waals surface area (Å²) in [6.07, 6.45) is 1.08. The number of carbonyl (C=O) groups is 1. The van der Waals surface area contributed by atoms with Crippen LogP contribution in [-0.2, 0) is 10.2 Å². The van der Waals surface area contributed by atoms with E-state index in [4.69, 9.17) is 0 Å². The maximum Gasteiger partial charge on any atom is 0.168 e. The minimum absolute atomic E-state index is 0.0764. The van der Waals surface area contributed by atoms with Gasteiger partial charge in [0.15, 0.2) is 11.6 Å². The molecule has 1 fully saturated rings. The first-order valence-corrected chi connectivity index (χ1v) is 4.67. The topological polar surface area (TPSA) is 37.3 Å². The van der Waals surface area contributed by atoms with Crippen LogP contribution in [0, 0.1) is 11.6 Å². The van der Waals surface area contributed by atoms with Crippen LogP contribution in [0.15, 0.2) is 12.1 Å². The monoisotopic (exact) mass is 212 g/mol. The molecule has 1 aliphatic rings. The minimum atomic E-state index is -1.02. The van der Waals surface area contributed by atoms with Crippen LogP contribution in [0.2, 0.25) is 0 Å². The molecule has 2 nitrogen and oxygen atoms in total. The van der Waals surface area contributed by atoms with Crippen LogP contribution >= 0.6 is 0 Å². The van der Waals surface area contributed by atoms with Gasteiger partial charge in [-0.25, -0.2) is 8.78 Å². The lowest BCUT2D eigenvalue weighted by Crippen LogP contribution is -2.17. The average Bonchev–Trinajstić information content (AvgIpc) is 2.91. The number of halogens is 2. The third-order valence-electron chi connectivity index (χ3n) is 2.97. The van der Waals surface area contributed by atoms with Crippen molar-refractivity contribution in [3.63, 3.8) is 0 Å². The molecule has 1 aromatic carbocycles. The Bertz CT molecular complexity index is 436. The Hall–Kier alpha value is -1.45. The number of phenolic OH excluding ortho intramolecular Hbond substituents is 1. The molecule has 0 saturated heterocycles. The quantitative estimate of drug-likeness (QED) is 0.816. The highest BCUT2D eigenvalue weighted by atomic mass is 19.1. The molecule has 2 rings (SSSR count). The molecule has 0 spiro atoms. The van der Waals surface area contributed by atoms with Gasteiger partial charge in [0.05, 0.1) is 5.41 Å². The summed E-state index contributed by atoms with van der Waals surface area (Å²) in [7, 11) is 0. The molecular formula is C11H10F2O2. The summed E-state index contributed by atoms with van der Waals surface area (Å²) in [4.78, 5) is 11.3. The lowest BCUT2D eigenvalue weighted by atomic mass is 9.91. The SMILES string of the molecule is CC(=O)C1(c2cc(F)cc(F)c2O)CC1. The average molecular weight is 212 g/mol. The third-order valence-corrected chi connectivity index (χ3v) is 2.97. The Balaban J connectivity index is 2.58. The highest BCUT2D eigenvalue weighted by Gasteiger charge is 2.50. The second-order valence-corrected chi connectivity index (χ2v) is 3.92. The van der Waals surface area contributed by atoms with E-state index in [1.807, 2.05) is 0 Å². The van der Waals surface area contributed by atoms with Crippen LogP contribution in [0.3, 0.4) is 0 Å². The fourth-order valence-corrected chi connectivity index (χ4v) is 1.87. The molecule has 0 amide bonds. The number of rotatable bonds is 2. The van der Waals surface area contributed by atoms with E-state index in [9.17, 15) is 18.7 Å². The lowest BCUT2D eigenvalue weighted by Gasteiger charge is -2.14. The highest BCUT2D eigenvalue weighted by Crippen LogP contribution is 2.52. The van der Waals surface area contributed by atoms with Crippen molar-refractivity contribution >= 4 is 5.78 Å². The Morgan fingerprint density at radius 2 is 2.00 bits per heavy atom. The number of hydrogen-bond donors (Lipinski definition) is 1. The zero-order valence-electron chi connectivity index (χ0n) is 8.18. The highest BCUT2D eigenvalue weighted by molar-refractivity contribution is 5.91. The summed E-state index contributed by atoms with van der Waals surface area (Å²) >= 11 is 0. The van der Waals surface area contributed by atoms with Gasteiger partial charge in [0.25, 0.3) is 0 Å². The zero-order chi connectivity index (χ0) is 11.2. The number of benzene rings is 1. The molecule has 0 atom stereocenters. The van der Waals surface area contributed by atoms with Crippen molar-refractivity contribution < 1.29 is 18.7 Å². The number of aromatic hydroxyl groups is 1. The predicted molar refractivity (Wildman–Crippen MR) is 49.6 cm³/mol. The predicted octanol–water partition coefficient (Wildman–Crippen LogP) is 2.29. The molecule has 0 unspecified atom stereocenters. The van der Waals surface area contributed by atoms with E-state index in [0.29, 0.717) is 18.9 Å². The van der Waals surface area contributed by atoms with Gasteiger partial charge in [0.1, 0.15) is 11.6 Å². The van der Waals surface area contributed by atoms with Crippen LogP contribution in [0.4, 0.5) is 8.78 Å². The van der Waals surface area contributed by atoms with Crippen molar-refractivity contribution in [2.45, 2.75) is 25.2 Å². The van der Waals surface area contributed by atoms with Crippen molar-refractivity contribution in [3.05, 3.63) is 29.3 Å². The molecule has 1 saturated carbocycles. The first-order valence-electron chi connectivity index (χ1n) is 4.67. The summed E-state index contributed by atoms with van der Waals surface area (Å²) < 4.78 is 26.0. The van der Waals surface area contributed by atoms with Gasteiger partial charge in [-0.3, -0.25) is 4.79 Å². The van der Waals surface area contributed by atoms with Crippen LogP contribution in [0.25, 0.3) is 0 Å². The van der Waals surface area contributed by atoms with Gasteiger partial charge in [-0.15, -0.1) is 0 Å². The molecule has 80 valence electrons.